The maximum absolute atomic E-state index is 13.2. The Hall–Kier alpha value is -3.26. The Labute approximate surface area is 193 Å². The van der Waals surface area contributed by atoms with E-state index in [0.29, 0.717) is 40.7 Å². The first kappa shape index (κ1) is 22.9. The smallest absolute Gasteiger partial charge is 0.339 e. The molecule has 33 heavy (non-hydrogen) atoms. The van der Waals surface area contributed by atoms with Gasteiger partial charge in [0.15, 0.2) is 16.4 Å². The van der Waals surface area contributed by atoms with E-state index in [-0.39, 0.29) is 17.5 Å². The Balaban J connectivity index is 1.60. The molecule has 1 saturated heterocycles. The van der Waals surface area contributed by atoms with Crippen molar-refractivity contribution in [2.75, 3.05) is 24.7 Å². The molecule has 1 atom stereocenters. The molecule has 1 aromatic heterocycles. The first-order valence-electron chi connectivity index (χ1n) is 10.9. The summed E-state index contributed by atoms with van der Waals surface area (Å²) < 4.78 is 29.1. The number of nitrogens with zero attached hydrogens (tertiary/aromatic N) is 2. The lowest BCUT2D eigenvalue weighted by Crippen LogP contribution is -2.43. The highest BCUT2D eigenvalue weighted by molar-refractivity contribution is 7.91. The van der Waals surface area contributed by atoms with Crippen molar-refractivity contribution in [2.45, 2.75) is 26.3 Å². The molecule has 8 heteroatoms. The number of aromatic nitrogens is 1. The molecule has 4 rings (SSSR count). The number of carbonyl (C=O) groups excluding carboxylic acids is 2. The standard InChI is InChI=1S/C25H26N2O5S/c1-3-27(19-13-14-33(30,31)16-19)22(28)15-32-25(29)23-17(2)24(18-9-5-4-6-10-18)26-21-12-8-7-11-20(21)23/h4-12,19H,3,13-16H2,1-2H3. The van der Waals surface area contributed by atoms with Gasteiger partial charge < -0.3 is 9.64 Å². The number of esters is 1. The zero-order chi connectivity index (χ0) is 23.6. The van der Waals surface area contributed by atoms with Crippen LogP contribution in [0.5, 0.6) is 0 Å². The van der Waals surface area contributed by atoms with Crippen molar-refractivity contribution >= 4 is 32.6 Å². The van der Waals surface area contributed by atoms with Crippen molar-refractivity contribution in [3.05, 3.63) is 65.7 Å². The number of sulfone groups is 1. The number of carbonyl (C=O) groups is 2. The molecule has 0 saturated carbocycles. The van der Waals surface area contributed by atoms with E-state index < -0.39 is 28.3 Å². The van der Waals surface area contributed by atoms with Crippen LogP contribution >= 0.6 is 0 Å². The summed E-state index contributed by atoms with van der Waals surface area (Å²) in [6.07, 6.45) is 0.407. The zero-order valence-electron chi connectivity index (χ0n) is 18.7. The summed E-state index contributed by atoms with van der Waals surface area (Å²) in [7, 11) is -3.13. The van der Waals surface area contributed by atoms with Gasteiger partial charge >= 0.3 is 5.97 Å². The number of pyridine rings is 1. The van der Waals surface area contributed by atoms with E-state index in [1.54, 1.807) is 6.92 Å². The normalized spacial score (nSPS) is 17.1. The molecule has 1 fully saturated rings. The third kappa shape index (κ3) is 4.75. The Morgan fingerprint density at radius 3 is 2.45 bits per heavy atom. The average Bonchev–Trinajstić information content (AvgIpc) is 3.17. The number of hydrogen-bond donors (Lipinski definition) is 0. The number of benzene rings is 2. The van der Waals surface area contributed by atoms with Gasteiger partial charge in [-0.2, -0.15) is 0 Å². The quantitative estimate of drug-likeness (QED) is 0.517. The highest BCUT2D eigenvalue weighted by atomic mass is 32.2. The van der Waals surface area contributed by atoms with Gasteiger partial charge in [0.1, 0.15) is 0 Å². The molecule has 1 amide bonds. The van der Waals surface area contributed by atoms with Crippen molar-refractivity contribution in [1.82, 2.24) is 9.88 Å². The fourth-order valence-corrected chi connectivity index (χ4v) is 6.12. The first-order valence-corrected chi connectivity index (χ1v) is 12.7. The minimum atomic E-state index is -3.13. The SMILES string of the molecule is CCN(C(=O)COC(=O)c1c(C)c(-c2ccccc2)nc2ccccc12)C1CCS(=O)(=O)C1. The van der Waals surface area contributed by atoms with Crippen LogP contribution < -0.4 is 0 Å². The fourth-order valence-electron chi connectivity index (χ4n) is 4.39. The van der Waals surface area contributed by atoms with E-state index in [2.05, 4.69) is 0 Å². The summed E-state index contributed by atoms with van der Waals surface area (Å²) in [6.45, 7) is 3.52. The maximum Gasteiger partial charge on any atom is 0.339 e. The number of ether oxygens (including phenoxy) is 1. The number of hydrogen-bond acceptors (Lipinski definition) is 6. The molecule has 0 spiro atoms. The van der Waals surface area contributed by atoms with Gasteiger partial charge in [-0.3, -0.25) is 4.79 Å². The van der Waals surface area contributed by atoms with Gasteiger partial charge in [-0.15, -0.1) is 0 Å². The van der Waals surface area contributed by atoms with Gasteiger partial charge in [-0.05, 0) is 31.9 Å². The summed E-state index contributed by atoms with van der Waals surface area (Å²) in [4.78, 5) is 32.2. The molecular formula is C25H26N2O5S. The van der Waals surface area contributed by atoms with E-state index in [1.807, 2.05) is 61.5 Å². The minimum absolute atomic E-state index is 0.0466. The van der Waals surface area contributed by atoms with Crippen LogP contribution in [0.15, 0.2) is 54.6 Å². The summed E-state index contributed by atoms with van der Waals surface area (Å²) in [5.74, 6) is -0.972. The number of rotatable bonds is 6. The largest absolute Gasteiger partial charge is 0.452 e. The second-order valence-electron chi connectivity index (χ2n) is 8.16. The van der Waals surface area contributed by atoms with Crippen LogP contribution in [0.1, 0.15) is 29.3 Å². The molecule has 0 N–H and O–H groups in total. The van der Waals surface area contributed by atoms with Gasteiger partial charge in [0.05, 0.1) is 28.3 Å². The van der Waals surface area contributed by atoms with Crippen molar-refractivity contribution in [2.24, 2.45) is 0 Å². The van der Waals surface area contributed by atoms with E-state index in [4.69, 9.17) is 9.72 Å². The Bertz CT molecular complexity index is 1310. The number of para-hydroxylation sites is 1. The number of likely N-dealkylation sites (N-methyl/N-ethyl adjacent to an activating group) is 1. The molecule has 1 aliphatic rings. The predicted molar refractivity (Wildman–Crippen MR) is 127 cm³/mol. The minimum Gasteiger partial charge on any atom is -0.452 e. The van der Waals surface area contributed by atoms with E-state index in [0.717, 1.165) is 5.56 Å². The summed E-state index contributed by atoms with van der Waals surface area (Å²) in [5.41, 5.74) is 3.27. The van der Waals surface area contributed by atoms with Crippen molar-refractivity contribution in [3.63, 3.8) is 0 Å². The lowest BCUT2D eigenvalue weighted by Gasteiger charge is -2.26. The Kier molecular flexibility index (Phi) is 6.47. The Morgan fingerprint density at radius 2 is 1.79 bits per heavy atom. The van der Waals surface area contributed by atoms with Crippen LogP contribution in [0.2, 0.25) is 0 Å². The van der Waals surface area contributed by atoms with Crippen molar-refractivity contribution < 1.29 is 22.7 Å². The van der Waals surface area contributed by atoms with Gasteiger partial charge in [0, 0.05) is 23.5 Å². The second kappa shape index (κ2) is 9.31. The number of amides is 1. The molecular weight excluding hydrogens is 440 g/mol. The molecule has 7 nitrogen and oxygen atoms in total. The molecule has 172 valence electrons. The monoisotopic (exact) mass is 466 g/mol. The van der Waals surface area contributed by atoms with Crippen LogP contribution in [0.25, 0.3) is 22.2 Å². The van der Waals surface area contributed by atoms with Crippen molar-refractivity contribution in [3.8, 4) is 11.3 Å². The van der Waals surface area contributed by atoms with Crippen LogP contribution in [0.4, 0.5) is 0 Å². The highest BCUT2D eigenvalue weighted by Crippen LogP contribution is 2.30. The molecule has 1 unspecified atom stereocenters. The third-order valence-electron chi connectivity index (χ3n) is 6.02. The van der Waals surface area contributed by atoms with E-state index in [9.17, 15) is 18.0 Å². The number of fused-ring (bicyclic) bond motifs is 1. The summed E-state index contributed by atoms with van der Waals surface area (Å²) in [5, 5.41) is 0.654. The molecule has 3 aromatic rings. The van der Waals surface area contributed by atoms with Crippen LogP contribution in [0, 0.1) is 6.92 Å². The molecule has 2 heterocycles. The Morgan fingerprint density at radius 1 is 1.09 bits per heavy atom. The van der Waals surface area contributed by atoms with Gasteiger partial charge in [0.25, 0.3) is 5.91 Å². The topological polar surface area (TPSA) is 93.6 Å². The van der Waals surface area contributed by atoms with Gasteiger partial charge in [-0.1, -0.05) is 48.5 Å². The fraction of sp³-hybridized carbons (Fsp3) is 0.320. The van der Waals surface area contributed by atoms with Gasteiger partial charge in [0.2, 0.25) is 0 Å². The predicted octanol–water partition coefficient (Wildman–Crippen LogP) is 3.40. The molecule has 2 aromatic carbocycles. The summed E-state index contributed by atoms with van der Waals surface area (Å²) in [6, 6.07) is 16.5. The second-order valence-corrected chi connectivity index (χ2v) is 10.4. The maximum atomic E-state index is 13.2. The molecule has 1 aliphatic heterocycles. The van der Waals surface area contributed by atoms with E-state index in [1.165, 1.54) is 4.90 Å². The van der Waals surface area contributed by atoms with Crippen molar-refractivity contribution in [1.29, 1.82) is 0 Å². The van der Waals surface area contributed by atoms with Crippen LogP contribution in [-0.2, 0) is 19.4 Å². The molecule has 0 aliphatic carbocycles. The van der Waals surface area contributed by atoms with Crippen LogP contribution in [-0.4, -0.2) is 60.9 Å². The summed E-state index contributed by atoms with van der Waals surface area (Å²) >= 11 is 0. The first-order chi connectivity index (χ1) is 15.8. The highest BCUT2D eigenvalue weighted by Gasteiger charge is 2.34. The molecule has 0 bridgehead atoms. The zero-order valence-corrected chi connectivity index (χ0v) is 19.5. The van der Waals surface area contributed by atoms with Gasteiger partial charge in [-0.25, -0.2) is 18.2 Å². The van der Waals surface area contributed by atoms with Crippen LogP contribution in [0.3, 0.4) is 0 Å². The molecule has 0 radical (unpaired) electrons. The lowest BCUT2D eigenvalue weighted by molar-refractivity contribution is -0.136. The third-order valence-corrected chi connectivity index (χ3v) is 7.77. The average molecular weight is 467 g/mol. The van der Waals surface area contributed by atoms with E-state index >= 15 is 0 Å². The lowest BCUT2D eigenvalue weighted by atomic mass is 9.98.